The number of pyridine rings is 1. The zero-order valence-electron chi connectivity index (χ0n) is 14.9. The number of aromatic nitrogens is 3. The highest BCUT2D eigenvalue weighted by Crippen LogP contribution is 2.21. The second-order valence-electron chi connectivity index (χ2n) is 6.03. The van der Waals surface area contributed by atoms with Crippen LogP contribution in [0.4, 0.5) is 16.2 Å². The van der Waals surface area contributed by atoms with E-state index in [2.05, 4.69) is 25.8 Å². The molecule has 0 saturated carbocycles. The molecular weight excluding hydrogens is 354 g/mol. The molecule has 0 unspecified atom stereocenters. The van der Waals surface area contributed by atoms with Crippen LogP contribution < -0.4 is 10.6 Å². The van der Waals surface area contributed by atoms with Gasteiger partial charge in [0.25, 0.3) is 0 Å². The Bertz CT molecular complexity index is 1060. The molecule has 4 aromatic rings. The Balaban J connectivity index is 1.47. The molecule has 0 radical (unpaired) electrons. The number of urea groups is 1. The molecule has 0 spiro atoms. The molecule has 0 fully saturated rings. The molecule has 7 nitrogen and oxygen atoms in total. The second kappa shape index (κ2) is 8.13. The number of amides is 2. The van der Waals surface area contributed by atoms with Crippen LogP contribution in [0.1, 0.15) is 11.5 Å². The van der Waals surface area contributed by atoms with Gasteiger partial charge in [-0.2, -0.15) is 4.98 Å². The molecule has 0 atom stereocenters. The number of carbonyl (C=O) groups excluding carboxylic acids is 1. The molecule has 2 N–H and O–H groups in total. The number of anilines is 2. The summed E-state index contributed by atoms with van der Waals surface area (Å²) >= 11 is 0. The lowest BCUT2D eigenvalue weighted by Crippen LogP contribution is -2.20. The number of carbonyl (C=O) groups is 1. The highest BCUT2D eigenvalue weighted by Gasteiger charge is 2.13. The van der Waals surface area contributed by atoms with Crippen LogP contribution in [0.25, 0.3) is 11.4 Å². The maximum Gasteiger partial charge on any atom is 0.323 e. The summed E-state index contributed by atoms with van der Waals surface area (Å²) in [5, 5.41) is 9.67. The maximum atomic E-state index is 12.3. The first-order valence-corrected chi connectivity index (χ1v) is 8.72. The average Bonchev–Trinajstić information content (AvgIpc) is 3.19. The molecule has 138 valence electrons. The molecule has 0 aliphatic carbocycles. The second-order valence-corrected chi connectivity index (χ2v) is 6.03. The minimum Gasteiger partial charge on any atom is -0.339 e. The molecule has 4 rings (SSSR count). The van der Waals surface area contributed by atoms with Gasteiger partial charge in [-0.25, -0.2) is 4.79 Å². The van der Waals surface area contributed by atoms with Crippen LogP contribution in [-0.4, -0.2) is 21.2 Å². The van der Waals surface area contributed by atoms with Crippen LogP contribution in [0.3, 0.4) is 0 Å². The summed E-state index contributed by atoms with van der Waals surface area (Å²) in [6, 6.07) is 20.1. The fraction of sp³-hybridized carbons (Fsp3) is 0.0476. The third kappa shape index (κ3) is 4.21. The van der Waals surface area contributed by atoms with Crippen molar-refractivity contribution < 1.29 is 9.32 Å². The summed E-state index contributed by atoms with van der Waals surface area (Å²) < 4.78 is 5.36. The van der Waals surface area contributed by atoms with Gasteiger partial charge in [0.2, 0.25) is 11.7 Å². The highest BCUT2D eigenvalue weighted by atomic mass is 16.5. The quantitative estimate of drug-likeness (QED) is 0.543. The Morgan fingerprint density at radius 3 is 2.57 bits per heavy atom. The van der Waals surface area contributed by atoms with Crippen molar-refractivity contribution in [3.63, 3.8) is 0 Å². The van der Waals surface area contributed by atoms with Crippen molar-refractivity contribution in [2.24, 2.45) is 0 Å². The van der Waals surface area contributed by atoms with Gasteiger partial charge < -0.3 is 15.2 Å². The van der Waals surface area contributed by atoms with Crippen LogP contribution >= 0.6 is 0 Å². The van der Waals surface area contributed by atoms with E-state index in [0.29, 0.717) is 23.8 Å². The normalized spacial score (nSPS) is 10.4. The lowest BCUT2D eigenvalue weighted by atomic mass is 10.1. The molecule has 28 heavy (non-hydrogen) atoms. The van der Waals surface area contributed by atoms with Crippen molar-refractivity contribution in [2.75, 3.05) is 10.6 Å². The topological polar surface area (TPSA) is 92.9 Å². The van der Waals surface area contributed by atoms with Gasteiger partial charge >= 0.3 is 6.03 Å². The van der Waals surface area contributed by atoms with Gasteiger partial charge in [0, 0.05) is 29.3 Å². The van der Waals surface area contributed by atoms with Gasteiger partial charge in [-0.3, -0.25) is 4.98 Å². The van der Waals surface area contributed by atoms with Crippen LogP contribution in [0.2, 0.25) is 0 Å². The number of nitrogens with one attached hydrogen (secondary N) is 2. The Morgan fingerprint density at radius 1 is 0.929 bits per heavy atom. The monoisotopic (exact) mass is 371 g/mol. The summed E-state index contributed by atoms with van der Waals surface area (Å²) in [5.74, 6) is 0.937. The molecule has 0 aliphatic rings. The number of para-hydroxylation sites is 2. The van der Waals surface area contributed by atoms with Gasteiger partial charge in [0.15, 0.2) is 0 Å². The summed E-state index contributed by atoms with van der Waals surface area (Å²) in [4.78, 5) is 20.8. The van der Waals surface area contributed by atoms with Crippen LogP contribution in [0.5, 0.6) is 0 Å². The SMILES string of the molecule is O=C(Nc1ccccc1)Nc1ccccc1Cc1nc(-c2cccnc2)no1. The van der Waals surface area contributed by atoms with E-state index in [1.807, 2.05) is 66.7 Å². The number of hydrogen-bond donors (Lipinski definition) is 2. The number of benzene rings is 2. The van der Waals surface area contributed by atoms with E-state index in [1.165, 1.54) is 0 Å². The van der Waals surface area contributed by atoms with Crippen LogP contribution in [-0.2, 0) is 6.42 Å². The van der Waals surface area contributed by atoms with Gasteiger partial charge in [-0.1, -0.05) is 41.6 Å². The third-order valence-electron chi connectivity index (χ3n) is 4.03. The molecular formula is C21H17N5O2. The molecule has 2 amide bonds. The molecule has 0 saturated heterocycles. The van der Waals surface area contributed by atoms with E-state index in [0.717, 1.165) is 16.8 Å². The lowest BCUT2D eigenvalue weighted by molar-refractivity contribution is 0.262. The van der Waals surface area contributed by atoms with Gasteiger partial charge in [0.1, 0.15) is 0 Å². The fourth-order valence-corrected chi connectivity index (χ4v) is 2.70. The van der Waals surface area contributed by atoms with E-state index in [-0.39, 0.29) is 6.03 Å². The zero-order chi connectivity index (χ0) is 19.2. The first kappa shape index (κ1) is 17.4. The predicted molar refractivity (Wildman–Crippen MR) is 106 cm³/mol. The smallest absolute Gasteiger partial charge is 0.323 e. The minimum atomic E-state index is -0.319. The number of hydrogen-bond acceptors (Lipinski definition) is 5. The number of nitrogens with zero attached hydrogens (tertiary/aromatic N) is 3. The summed E-state index contributed by atoms with van der Waals surface area (Å²) in [6.45, 7) is 0. The van der Waals surface area contributed by atoms with E-state index >= 15 is 0 Å². The highest BCUT2D eigenvalue weighted by molar-refractivity contribution is 6.00. The predicted octanol–water partition coefficient (Wildman–Crippen LogP) is 4.37. The Hall–Kier alpha value is -4.00. The Labute approximate surface area is 161 Å². The van der Waals surface area contributed by atoms with Gasteiger partial charge in [0.05, 0.1) is 6.42 Å². The van der Waals surface area contributed by atoms with Crippen LogP contribution in [0, 0.1) is 0 Å². The molecule has 2 aromatic carbocycles. The van der Waals surface area contributed by atoms with Crippen molar-refractivity contribution in [1.82, 2.24) is 15.1 Å². The fourth-order valence-electron chi connectivity index (χ4n) is 2.70. The first-order valence-electron chi connectivity index (χ1n) is 8.72. The maximum absolute atomic E-state index is 12.3. The first-order chi connectivity index (χ1) is 13.8. The van der Waals surface area contributed by atoms with Crippen LogP contribution in [0.15, 0.2) is 83.6 Å². The minimum absolute atomic E-state index is 0.319. The van der Waals surface area contributed by atoms with Gasteiger partial charge in [-0.15, -0.1) is 0 Å². The van der Waals surface area contributed by atoms with E-state index in [4.69, 9.17) is 4.52 Å². The number of rotatable bonds is 5. The molecule has 7 heteroatoms. The van der Waals surface area contributed by atoms with Crippen molar-refractivity contribution in [3.8, 4) is 11.4 Å². The van der Waals surface area contributed by atoms with Crippen molar-refractivity contribution in [1.29, 1.82) is 0 Å². The van der Waals surface area contributed by atoms with Gasteiger partial charge in [-0.05, 0) is 35.9 Å². The van der Waals surface area contributed by atoms with Crippen molar-refractivity contribution in [3.05, 3.63) is 90.6 Å². The Morgan fingerprint density at radius 2 is 1.75 bits per heavy atom. The summed E-state index contributed by atoms with van der Waals surface area (Å²) in [6.07, 6.45) is 3.76. The largest absolute Gasteiger partial charge is 0.339 e. The zero-order valence-corrected chi connectivity index (χ0v) is 14.9. The summed E-state index contributed by atoms with van der Waals surface area (Å²) in [5.41, 5.74) is 3.05. The average molecular weight is 371 g/mol. The summed E-state index contributed by atoms with van der Waals surface area (Å²) in [7, 11) is 0. The van der Waals surface area contributed by atoms with E-state index < -0.39 is 0 Å². The molecule has 2 heterocycles. The molecule has 0 bridgehead atoms. The third-order valence-corrected chi connectivity index (χ3v) is 4.03. The van der Waals surface area contributed by atoms with E-state index in [1.54, 1.807) is 12.4 Å². The molecule has 2 aromatic heterocycles. The molecule has 0 aliphatic heterocycles. The van der Waals surface area contributed by atoms with Crippen molar-refractivity contribution >= 4 is 17.4 Å². The van der Waals surface area contributed by atoms with E-state index in [9.17, 15) is 4.79 Å². The Kier molecular flexibility index (Phi) is 5.06. The lowest BCUT2D eigenvalue weighted by Gasteiger charge is -2.11. The van der Waals surface area contributed by atoms with Crippen molar-refractivity contribution in [2.45, 2.75) is 6.42 Å². The standard InChI is InChI=1S/C21H17N5O2/c27-21(23-17-9-2-1-3-10-17)24-18-11-5-4-7-15(18)13-19-25-20(26-28-19)16-8-6-12-22-14-16/h1-12,14H,13H2,(H2,23,24,27).